The van der Waals surface area contributed by atoms with Crippen molar-refractivity contribution in [3.8, 4) is 27.6 Å². The fraction of sp³-hybridized carbons (Fsp3) is 0.222. The predicted molar refractivity (Wildman–Crippen MR) is 96.5 cm³/mol. The molecule has 3 N–H and O–H groups in total. The van der Waals surface area contributed by atoms with E-state index in [9.17, 15) is 5.11 Å². The molecule has 7 heteroatoms. The largest absolute Gasteiger partial charge is 0.496 e. The number of aliphatic hydroxyl groups is 1. The zero-order valence-corrected chi connectivity index (χ0v) is 14.4. The summed E-state index contributed by atoms with van der Waals surface area (Å²) in [5.41, 5.74) is 8.61. The first kappa shape index (κ1) is 16.0. The molecular formula is C18H17N3O3S. The van der Waals surface area contributed by atoms with Crippen molar-refractivity contribution >= 4 is 17.0 Å². The summed E-state index contributed by atoms with van der Waals surface area (Å²) in [4.78, 5) is 9.94. The first-order valence-electron chi connectivity index (χ1n) is 7.74. The van der Waals surface area contributed by atoms with E-state index in [0.29, 0.717) is 11.4 Å². The number of nitrogen functional groups attached to an aromatic ring is 1. The Morgan fingerprint density at radius 3 is 2.68 bits per heavy atom. The highest BCUT2D eigenvalue weighted by Crippen LogP contribution is 2.38. The van der Waals surface area contributed by atoms with Crippen molar-refractivity contribution in [1.82, 2.24) is 9.97 Å². The topological polar surface area (TPSA) is 90.5 Å². The smallest absolute Gasteiger partial charge is 0.140 e. The average molecular weight is 355 g/mol. The van der Waals surface area contributed by atoms with Gasteiger partial charge < -0.3 is 20.3 Å². The quantitative estimate of drug-likeness (QED) is 0.748. The first-order chi connectivity index (χ1) is 12.1. The zero-order chi connectivity index (χ0) is 17.4. The molecule has 4 rings (SSSR count). The maximum Gasteiger partial charge on any atom is 0.140 e. The number of methoxy groups -OCH3 is 1. The maximum absolute atomic E-state index is 10.5. The van der Waals surface area contributed by atoms with Gasteiger partial charge in [-0.15, -0.1) is 11.3 Å². The van der Waals surface area contributed by atoms with Gasteiger partial charge in [-0.05, 0) is 12.1 Å². The zero-order valence-electron chi connectivity index (χ0n) is 13.6. The molecule has 25 heavy (non-hydrogen) atoms. The van der Waals surface area contributed by atoms with E-state index in [2.05, 4.69) is 9.97 Å². The average Bonchev–Trinajstić information content (AvgIpc) is 3.06. The van der Waals surface area contributed by atoms with Crippen LogP contribution in [0.5, 0.6) is 5.75 Å². The van der Waals surface area contributed by atoms with Crippen molar-refractivity contribution in [3.05, 3.63) is 47.6 Å². The van der Waals surface area contributed by atoms with Gasteiger partial charge in [0.25, 0.3) is 0 Å². The van der Waals surface area contributed by atoms with Crippen LogP contribution in [0.3, 0.4) is 0 Å². The lowest BCUT2D eigenvalue weighted by atomic mass is 9.90. The maximum atomic E-state index is 10.5. The molecule has 0 unspecified atom stereocenters. The van der Waals surface area contributed by atoms with Gasteiger partial charge in [0.1, 0.15) is 11.4 Å². The molecule has 1 aliphatic heterocycles. The third-order valence-electron chi connectivity index (χ3n) is 4.19. The molecule has 0 amide bonds. The lowest BCUT2D eigenvalue weighted by molar-refractivity contribution is -0.185. The number of aromatic nitrogens is 2. The molecule has 1 aromatic carbocycles. The van der Waals surface area contributed by atoms with Crippen LogP contribution in [0.15, 0.2) is 42.0 Å². The van der Waals surface area contributed by atoms with Crippen LogP contribution in [-0.2, 0) is 10.3 Å². The van der Waals surface area contributed by atoms with Crippen molar-refractivity contribution in [1.29, 1.82) is 0 Å². The molecule has 0 bridgehead atoms. The summed E-state index contributed by atoms with van der Waals surface area (Å²) < 4.78 is 10.6. The molecule has 3 aromatic rings. The van der Waals surface area contributed by atoms with Crippen LogP contribution >= 0.6 is 11.3 Å². The van der Waals surface area contributed by atoms with Gasteiger partial charge in [0.15, 0.2) is 0 Å². The molecule has 1 aliphatic rings. The van der Waals surface area contributed by atoms with E-state index in [1.54, 1.807) is 19.5 Å². The van der Waals surface area contributed by atoms with Gasteiger partial charge in [-0.1, -0.05) is 12.1 Å². The number of nitrogens with two attached hydrogens (primary N) is 1. The Hall–Kier alpha value is -2.48. The molecule has 0 saturated carbocycles. The SMILES string of the molecule is COc1cc(-c2cncc(-c3cc(N)cs3)n2)ccc1C1(O)COC1. The lowest BCUT2D eigenvalue weighted by Crippen LogP contribution is -2.46. The third-order valence-corrected chi connectivity index (χ3v) is 5.16. The highest BCUT2D eigenvalue weighted by atomic mass is 32.1. The van der Waals surface area contributed by atoms with E-state index < -0.39 is 5.60 Å². The summed E-state index contributed by atoms with van der Waals surface area (Å²) in [5, 5.41) is 12.4. The van der Waals surface area contributed by atoms with Crippen molar-refractivity contribution in [2.45, 2.75) is 5.60 Å². The molecule has 128 valence electrons. The van der Waals surface area contributed by atoms with Crippen LogP contribution in [0.25, 0.3) is 21.8 Å². The Labute approximate surface area is 148 Å². The second-order valence-electron chi connectivity index (χ2n) is 5.97. The van der Waals surface area contributed by atoms with Crippen LogP contribution in [0.2, 0.25) is 0 Å². The summed E-state index contributed by atoms with van der Waals surface area (Å²) in [6.07, 6.45) is 3.42. The second kappa shape index (κ2) is 6.11. The molecule has 1 fully saturated rings. The Balaban J connectivity index is 1.72. The van der Waals surface area contributed by atoms with Gasteiger partial charge in [-0.25, -0.2) is 4.98 Å². The molecular weight excluding hydrogens is 338 g/mol. The minimum absolute atomic E-state index is 0.276. The van der Waals surface area contributed by atoms with E-state index in [1.807, 2.05) is 29.6 Å². The predicted octanol–water partition coefficient (Wildman–Crippen LogP) is 2.68. The van der Waals surface area contributed by atoms with Crippen molar-refractivity contribution in [2.75, 3.05) is 26.1 Å². The number of hydrogen-bond acceptors (Lipinski definition) is 7. The minimum Gasteiger partial charge on any atom is -0.496 e. The molecule has 0 spiro atoms. The lowest BCUT2D eigenvalue weighted by Gasteiger charge is -2.37. The van der Waals surface area contributed by atoms with Gasteiger partial charge in [-0.2, -0.15) is 0 Å². The van der Waals surface area contributed by atoms with Crippen LogP contribution in [0, 0.1) is 0 Å². The fourth-order valence-electron chi connectivity index (χ4n) is 2.79. The summed E-state index contributed by atoms with van der Waals surface area (Å²) in [5.74, 6) is 0.607. The van der Waals surface area contributed by atoms with Crippen molar-refractivity contribution in [3.63, 3.8) is 0 Å². The summed E-state index contributed by atoms with van der Waals surface area (Å²) in [7, 11) is 1.59. The minimum atomic E-state index is -0.980. The summed E-state index contributed by atoms with van der Waals surface area (Å²) in [6.45, 7) is 0.551. The highest BCUT2D eigenvalue weighted by Gasteiger charge is 2.40. The Bertz CT molecular complexity index is 921. The molecule has 3 heterocycles. The van der Waals surface area contributed by atoms with Crippen LogP contribution < -0.4 is 10.5 Å². The number of nitrogens with zero attached hydrogens (tertiary/aromatic N) is 2. The summed E-state index contributed by atoms with van der Waals surface area (Å²) >= 11 is 1.53. The molecule has 6 nitrogen and oxygen atoms in total. The van der Waals surface area contributed by atoms with E-state index in [1.165, 1.54) is 11.3 Å². The molecule has 0 radical (unpaired) electrons. The van der Waals surface area contributed by atoms with E-state index >= 15 is 0 Å². The third kappa shape index (κ3) is 2.86. The van der Waals surface area contributed by atoms with Gasteiger partial charge in [0, 0.05) is 22.2 Å². The molecule has 1 saturated heterocycles. The summed E-state index contributed by atoms with van der Waals surface area (Å²) in [6, 6.07) is 7.51. The van der Waals surface area contributed by atoms with Gasteiger partial charge in [0.05, 0.1) is 49.0 Å². The number of ether oxygens (including phenoxy) is 2. The monoisotopic (exact) mass is 355 g/mol. The standard InChI is InChI=1S/C18H17N3O3S/c1-23-16-4-11(2-3-13(16)18(22)9-24-10-18)14-6-20-7-15(21-14)17-5-12(19)8-25-17/h2-8,22H,9-10,19H2,1H3. The van der Waals surface area contributed by atoms with Gasteiger partial charge in [-0.3, -0.25) is 4.98 Å². The van der Waals surface area contributed by atoms with Crippen molar-refractivity contribution in [2.24, 2.45) is 0 Å². The van der Waals surface area contributed by atoms with Crippen molar-refractivity contribution < 1.29 is 14.6 Å². The van der Waals surface area contributed by atoms with Gasteiger partial charge >= 0.3 is 0 Å². The normalized spacial score (nSPS) is 15.6. The highest BCUT2D eigenvalue weighted by molar-refractivity contribution is 7.14. The molecule has 2 aromatic heterocycles. The number of hydrogen-bond donors (Lipinski definition) is 2. The molecule has 0 atom stereocenters. The van der Waals surface area contributed by atoms with Gasteiger partial charge in [0.2, 0.25) is 0 Å². The van der Waals surface area contributed by atoms with Crippen LogP contribution in [0.4, 0.5) is 5.69 Å². The number of rotatable bonds is 4. The van der Waals surface area contributed by atoms with Crippen LogP contribution in [0.1, 0.15) is 5.56 Å². The fourth-order valence-corrected chi connectivity index (χ4v) is 3.55. The molecule has 0 aliphatic carbocycles. The Morgan fingerprint density at radius 2 is 2.04 bits per heavy atom. The first-order valence-corrected chi connectivity index (χ1v) is 8.62. The number of anilines is 1. The van der Waals surface area contributed by atoms with E-state index in [4.69, 9.17) is 15.2 Å². The van der Waals surface area contributed by atoms with E-state index in [0.717, 1.165) is 27.4 Å². The Kier molecular flexibility index (Phi) is 3.91. The number of thiophene rings is 1. The van der Waals surface area contributed by atoms with Crippen LogP contribution in [-0.4, -0.2) is 35.4 Å². The van der Waals surface area contributed by atoms with E-state index in [-0.39, 0.29) is 13.2 Å². The second-order valence-corrected chi connectivity index (χ2v) is 6.88. The Morgan fingerprint density at radius 1 is 1.24 bits per heavy atom. The number of benzene rings is 1.